The molecule has 1 aromatic rings. The fourth-order valence-corrected chi connectivity index (χ4v) is 2.28. The predicted molar refractivity (Wildman–Crippen MR) is 69.9 cm³/mol. The molecule has 0 aliphatic heterocycles. The topological polar surface area (TPSA) is 38.0 Å². The molecule has 0 aliphatic carbocycles. The largest absolute Gasteiger partial charge is 0.271 e. The Morgan fingerprint density at radius 1 is 1.35 bits per heavy atom. The summed E-state index contributed by atoms with van der Waals surface area (Å²) in [5.41, 5.74) is 4.67. The Bertz CT molecular complexity index is 332. The molecular formula is C14H23FN2. The highest BCUT2D eigenvalue weighted by Gasteiger charge is 2.14. The zero-order chi connectivity index (χ0) is 12.8. The van der Waals surface area contributed by atoms with Crippen molar-refractivity contribution in [2.45, 2.75) is 46.1 Å². The molecule has 0 radical (unpaired) electrons. The summed E-state index contributed by atoms with van der Waals surface area (Å²) in [6.45, 7) is 6.28. The Balaban J connectivity index is 2.78. The van der Waals surface area contributed by atoms with Gasteiger partial charge in [-0.15, -0.1) is 0 Å². The number of hydrazine groups is 1. The van der Waals surface area contributed by atoms with Gasteiger partial charge in [0.05, 0.1) is 0 Å². The molecule has 96 valence electrons. The maximum absolute atomic E-state index is 13.3. The zero-order valence-electron chi connectivity index (χ0n) is 11.0. The maximum atomic E-state index is 13.3. The van der Waals surface area contributed by atoms with Crippen LogP contribution in [0.3, 0.4) is 0 Å². The highest BCUT2D eigenvalue weighted by molar-refractivity contribution is 5.26. The number of rotatable bonds is 6. The van der Waals surface area contributed by atoms with Crippen molar-refractivity contribution in [1.82, 2.24) is 5.43 Å². The molecule has 3 heteroatoms. The van der Waals surface area contributed by atoms with Crippen molar-refractivity contribution < 1.29 is 4.39 Å². The SMILES string of the molecule is CCCC(C)CC(NN)c1cc(C)cc(F)c1. The van der Waals surface area contributed by atoms with Crippen LogP contribution in [0.1, 0.15) is 50.3 Å². The van der Waals surface area contributed by atoms with Crippen molar-refractivity contribution in [1.29, 1.82) is 0 Å². The molecule has 2 nitrogen and oxygen atoms in total. The van der Waals surface area contributed by atoms with Gasteiger partial charge in [0.15, 0.2) is 0 Å². The standard InChI is InChI=1S/C14H23FN2/c1-4-5-10(2)8-14(17-16)12-6-11(3)7-13(15)9-12/h6-7,9-10,14,17H,4-5,8,16H2,1-3H3. The molecule has 0 amide bonds. The van der Waals surface area contributed by atoms with Gasteiger partial charge in [0.1, 0.15) is 5.82 Å². The van der Waals surface area contributed by atoms with E-state index in [1.165, 1.54) is 18.9 Å². The van der Waals surface area contributed by atoms with Crippen LogP contribution in [0.5, 0.6) is 0 Å². The van der Waals surface area contributed by atoms with Gasteiger partial charge in [-0.05, 0) is 42.5 Å². The lowest BCUT2D eigenvalue weighted by Gasteiger charge is -2.21. The molecule has 0 fully saturated rings. The highest BCUT2D eigenvalue weighted by Crippen LogP contribution is 2.24. The number of aryl methyl sites for hydroxylation is 1. The van der Waals surface area contributed by atoms with Gasteiger partial charge in [-0.3, -0.25) is 11.3 Å². The van der Waals surface area contributed by atoms with Crippen LogP contribution in [0.4, 0.5) is 4.39 Å². The Kier molecular flexibility index (Phi) is 5.59. The molecule has 17 heavy (non-hydrogen) atoms. The molecule has 1 rings (SSSR count). The molecule has 2 unspecified atom stereocenters. The van der Waals surface area contributed by atoms with Crippen LogP contribution >= 0.6 is 0 Å². The molecule has 1 aromatic carbocycles. The van der Waals surface area contributed by atoms with Gasteiger partial charge in [0, 0.05) is 6.04 Å². The Labute approximate surface area is 103 Å². The Morgan fingerprint density at radius 2 is 2.06 bits per heavy atom. The average molecular weight is 238 g/mol. The predicted octanol–water partition coefficient (Wildman–Crippen LogP) is 3.46. The van der Waals surface area contributed by atoms with Crippen molar-refractivity contribution >= 4 is 0 Å². The summed E-state index contributed by atoms with van der Waals surface area (Å²) < 4.78 is 13.3. The second-order valence-corrected chi connectivity index (χ2v) is 4.91. The first-order chi connectivity index (χ1) is 8.06. The van der Waals surface area contributed by atoms with Gasteiger partial charge in [-0.25, -0.2) is 4.39 Å². The summed E-state index contributed by atoms with van der Waals surface area (Å²) in [5, 5.41) is 0. The van der Waals surface area contributed by atoms with E-state index < -0.39 is 0 Å². The summed E-state index contributed by atoms with van der Waals surface area (Å²) in [5.74, 6) is 5.97. The summed E-state index contributed by atoms with van der Waals surface area (Å²) in [7, 11) is 0. The summed E-state index contributed by atoms with van der Waals surface area (Å²) in [6.07, 6.45) is 3.28. The van der Waals surface area contributed by atoms with E-state index in [0.717, 1.165) is 17.5 Å². The van der Waals surface area contributed by atoms with Gasteiger partial charge < -0.3 is 0 Å². The molecule has 2 atom stereocenters. The minimum Gasteiger partial charge on any atom is -0.271 e. The molecule has 0 saturated carbocycles. The van der Waals surface area contributed by atoms with Gasteiger partial charge in [-0.1, -0.05) is 32.8 Å². The number of nitrogens with two attached hydrogens (primary N) is 1. The summed E-state index contributed by atoms with van der Waals surface area (Å²) >= 11 is 0. The highest BCUT2D eigenvalue weighted by atomic mass is 19.1. The van der Waals surface area contributed by atoms with E-state index >= 15 is 0 Å². The molecule has 3 N–H and O–H groups in total. The van der Waals surface area contributed by atoms with Crippen molar-refractivity contribution in [3.8, 4) is 0 Å². The van der Waals surface area contributed by atoms with Crippen molar-refractivity contribution in [3.05, 3.63) is 35.1 Å². The lowest BCUT2D eigenvalue weighted by Crippen LogP contribution is -2.29. The lowest BCUT2D eigenvalue weighted by molar-refractivity contribution is 0.393. The molecule has 0 aromatic heterocycles. The molecule has 0 aliphatic rings. The minimum absolute atomic E-state index is 0.0333. The second kappa shape index (κ2) is 6.72. The van der Waals surface area contributed by atoms with Crippen LogP contribution in [0, 0.1) is 18.7 Å². The van der Waals surface area contributed by atoms with E-state index in [1.54, 1.807) is 6.07 Å². The van der Waals surface area contributed by atoms with Crippen LogP contribution in [0.2, 0.25) is 0 Å². The number of hydrogen-bond donors (Lipinski definition) is 2. The zero-order valence-corrected chi connectivity index (χ0v) is 11.0. The number of benzene rings is 1. The van der Waals surface area contributed by atoms with E-state index in [0.29, 0.717) is 5.92 Å². The third kappa shape index (κ3) is 4.44. The van der Waals surface area contributed by atoms with Crippen LogP contribution in [0.15, 0.2) is 18.2 Å². The quantitative estimate of drug-likeness (QED) is 0.588. The van der Waals surface area contributed by atoms with E-state index in [4.69, 9.17) is 5.84 Å². The van der Waals surface area contributed by atoms with E-state index in [-0.39, 0.29) is 11.9 Å². The average Bonchev–Trinajstić information content (AvgIpc) is 2.24. The first kappa shape index (κ1) is 14.1. The summed E-state index contributed by atoms with van der Waals surface area (Å²) in [4.78, 5) is 0. The minimum atomic E-state index is -0.191. The molecular weight excluding hydrogens is 215 g/mol. The van der Waals surface area contributed by atoms with Crippen LogP contribution in [-0.2, 0) is 0 Å². The van der Waals surface area contributed by atoms with Gasteiger partial charge in [0.2, 0.25) is 0 Å². The smallest absolute Gasteiger partial charge is 0.123 e. The number of hydrogen-bond acceptors (Lipinski definition) is 2. The first-order valence-electron chi connectivity index (χ1n) is 6.30. The molecule has 0 heterocycles. The lowest BCUT2D eigenvalue weighted by atomic mass is 9.92. The fourth-order valence-electron chi connectivity index (χ4n) is 2.28. The fraction of sp³-hybridized carbons (Fsp3) is 0.571. The van der Waals surface area contributed by atoms with E-state index in [9.17, 15) is 4.39 Å². The second-order valence-electron chi connectivity index (χ2n) is 4.91. The van der Waals surface area contributed by atoms with Gasteiger partial charge in [0.25, 0.3) is 0 Å². The normalized spacial score (nSPS) is 14.6. The van der Waals surface area contributed by atoms with Crippen molar-refractivity contribution in [2.75, 3.05) is 0 Å². The van der Waals surface area contributed by atoms with Crippen molar-refractivity contribution in [2.24, 2.45) is 11.8 Å². The molecule has 0 saturated heterocycles. The van der Waals surface area contributed by atoms with Crippen molar-refractivity contribution in [3.63, 3.8) is 0 Å². The Morgan fingerprint density at radius 3 is 2.59 bits per heavy atom. The first-order valence-corrected chi connectivity index (χ1v) is 6.30. The van der Waals surface area contributed by atoms with Crippen LogP contribution in [-0.4, -0.2) is 0 Å². The van der Waals surface area contributed by atoms with E-state index in [2.05, 4.69) is 19.3 Å². The van der Waals surface area contributed by atoms with Gasteiger partial charge >= 0.3 is 0 Å². The Hall–Kier alpha value is -0.930. The van der Waals surface area contributed by atoms with E-state index in [1.807, 2.05) is 13.0 Å². The molecule has 0 bridgehead atoms. The monoisotopic (exact) mass is 238 g/mol. The molecule has 0 spiro atoms. The van der Waals surface area contributed by atoms with Gasteiger partial charge in [-0.2, -0.15) is 0 Å². The third-order valence-electron chi connectivity index (χ3n) is 3.09. The van der Waals surface area contributed by atoms with Crippen LogP contribution in [0.25, 0.3) is 0 Å². The summed E-state index contributed by atoms with van der Waals surface area (Å²) in [6, 6.07) is 5.13. The third-order valence-corrected chi connectivity index (χ3v) is 3.09. The van der Waals surface area contributed by atoms with Crippen LogP contribution < -0.4 is 11.3 Å². The number of halogens is 1. The maximum Gasteiger partial charge on any atom is 0.123 e. The number of nitrogens with one attached hydrogen (secondary N) is 1.